The molecular formula is C22H19F3N4O. The number of nitrogens with one attached hydrogen (secondary N) is 1. The second-order valence-corrected chi connectivity index (χ2v) is 6.66. The lowest BCUT2D eigenvalue weighted by atomic mass is 10.0. The van der Waals surface area contributed by atoms with Crippen molar-refractivity contribution in [1.29, 1.82) is 0 Å². The fourth-order valence-electron chi connectivity index (χ4n) is 2.82. The quantitative estimate of drug-likeness (QED) is 0.495. The molecule has 0 aliphatic carbocycles. The minimum atomic E-state index is -4.71. The summed E-state index contributed by atoms with van der Waals surface area (Å²) in [6.45, 7) is 2.01. The van der Waals surface area contributed by atoms with E-state index in [1.54, 1.807) is 24.4 Å². The van der Waals surface area contributed by atoms with Gasteiger partial charge in [0.1, 0.15) is 11.5 Å². The summed E-state index contributed by atoms with van der Waals surface area (Å²) in [5, 5.41) is 3.15. The molecule has 0 bridgehead atoms. The van der Waals surface area contributed by atoms with Gasteiger partial charge in [0.2, 0.25) is 0 Å². The molecular weight excluding hydrogens is 393 g/mol. The number of amidine groups is 1. The van der Waals surface area contributed by atoms with Gasteiger partial charge in [-0.1, -0.05) is 35.9 Å². The van der Waals surface area contributed by atoms with Crippen molar-refractivity contribution in [3.8, 4) is 11.1 Å². The number of carbonyl (C=O) groups is 1. The van der Waals surface area contributed by atoms with Gasteiger partial charge < -0.3 is 11.1 Å². The second-order valence-electron chi connectivity index (χ2n) is 6.66. The van der Waals surface area contributed by atoms with Crippen LogP contribution in [0.4, 0.5) is 13.2 Å². The molecule has 1 heterocycles. The number of alkyl halides is 3. The summed E-state index contributed by atoms with van der Waals surface area (Å²) in [7, 11) is 1.25. The number of allylic oxidation sites excluding steroid dienone is 1. The minimum absolute atomic E-state index is 0.235. The average molecular weight is 412 g/mol. The monoisotopic (exact) mass is 412 g/mol. The van der Waals surface area contributed by atoms with Crippen molar-refractivity contribution in [2.45, 2.75) is 13.1 Å². The van der Waals surface area contributed by atoms with E-state index in [0.717, 1.165) is 22.1 Å². The van der Waals surface area contributed by atoms with Crippen molar-refractivity contribution >= 4 is 22.6 Å². The molecule has 154 valence electrons. The number of pyridine rings is 1. The number of amides is 1. The van der Waals surface area contributed by atoms with E-state index in [1.165, 1.54) is 7.05 Å². The lowest BCUT2D eigenvalue weighted by Gasteiger charge is -2.09. The van der Waals surface area contributed by atoms with Crippen LogP contribution in [0.25, 0.3) is 22.0 Å². The summed E-state index contributed by atoms with van der Waals surface area (Å²) < 4.78 is 37.8. The molecule has 5 nitrogen and oxygen atoms in total. The number of fused-ring (bicyclic) bond motifs is 1. The largest absolute Gasteiger partial charge is 0.430 e. The van der Waals surface area contributed by atoms with E-state index >= 15 is 0 Å². The van der Waals surface area contributed by atoms with Crippen LogP contribution in [0.15, 0.2) is 71.5 Å². The summed E-state index contributed by atoms with van der Waals surface area (Å²) in [6.07, 6.45) is -2.42. The second kappa shape index (κ2) is 8.36. The predicted octanol–water partition coefficient (Wildman–Crippen LogP) is 4.37. The van der Waals surface area contributed by atoms with Gasteiger partial charge in [-0.3, -0.25) is 14.8 Å². The SMILES string of the molecule is CN=C(C=C(N)C(F)(F)F)NC(=O)c1ccc2cc(-c3cccc(C)c3)cnc2c1. The van der Waals surface area contributed by atoms with Crippen molar-refractivity contribution in [3.05, 3.63) is 77.6 Å². The topological polar surface area (TPSA) is 80.4 Å². The molecule has 0 spiro atoms. The average Bonchev–Trinajstić information content (AvgIpc) is 2.71. The van der Waals surface area contributed by atoms with Crippen molar-refractivity contribution in [2.75, 3.05) is 7.05 Å². The molecule has 2 aromatic carbocycles. The van der Waals surface area contributed by atoms with Gasteiger partial charge in [-0.25, -0.2) is 0 Å². The Morgan fingerprint density at radius 3 is 2.57 bits per heavy atom. The smallest absolute Gasteiger partial charge is 0.395 e. The van der Waals surface area contributed by atoms with Crippen LogP contribution < -0.4 is 11.1 Å². The standard InChI is InChI=1S/C22H19F3N4O/c1-13-4-3-5-14(8-13)17-9-15-6-7-16(10-18(15)28-12-17)21(30)29-20(27-2)11-19(26)22(23,24)25/h3-12H,26H2,1-2H3,(H,27,29,30). The van der Waals surface area contributed by atoms with Crippen LogP contribution in [0.5, 0.6) is 0 Å². The van der Waals surface area contributed by atoms with Gasteiger partial charge in [0, 0.05) is 35.8 Å². The predicted molar refractivity (Wildman–Crippen MR) is 111 cm³/mol. The summed E-state index contributed by atoms with van der Waals surface area (Å²) >= 11 is 0. The lowest BCUT2D eigenvalue weighted by molar-refractivity contribution is -0.0925. The van der Waals surface area contributed by atoms with Gasteiger partial charge in [-0.15, -0.1) is 0 Å². The Labute approximate surface area is 171 Å². The number of aryl methyl sites for hydroxylation is 1. The van der Waals surface area contributed by atoms with E-state index in [2.05, 4.69) is 21.4 Å². The van der Waals surface area contributed by atoms with Gasteiger partial charge in [0.05, 0.1) is 5.52 Å². The third-order valence-corrected chi connectivity index (χ3v) is 4.40. The highest BCUT2D eigenvalue weighted by Gasteiger charge is 2.31. The number of aliphatic imine (C=N–C) groups is 1. The molecule has 0 unspecified atom stereocenters. The first-order valence-electron chi connectivity index (χ1n) is 8.97. The van der Waals surface area contributed by atoms with Crippen LogP contribution in [0, 0.1) is 6.92 Å². The number of hydrogen-bond donors (Lipinski definition) is 2. The molecule has 0 atom stereocenters. The number of hydrogen-bond acceptors (Lipinski definition) is 4. The summed E-state index contributed by atoms with van der Waals surface area (Å²) in [5.74, 6) is -0.911. The Morgan fingerprint density at radius 1 is 1.13 bits per heavy atom. The summed E-state index contributed by atoms with van der Waals surface area (Å²) in [5.41, 5.74) is 7.55. The summed E-state index contributed by atoms with van der Waals surface area (Å²) in [4.78, 5) is 20.5. The first-order valence-corrected chi connectivity index (χ1v) is 8.97. The normalized spacial score (nSPS) is 12.8. The first-order chi connectivity index (χ1) is 14.2. The molecule has 0 radical (unpaired) electrons. The highest BCUT2D eigenvalue weighted by Crippen LogP contribution is 2.24. The lowest BCUT2D eigenvalue weighted by Crippen LogP contribution is -2.31. The van der Waals surface area contributed by atoms with Gasteiger partial charge in [-0.2, -0.15) is 13.2 Å². The van der Waals surface area contributed by atoms with E-state index in [4.69, 9.17) is 5.73 Å². The third-order valence-electron chi connectivity index (χ3n) is 4.40. The molecule has 0 saturated heterocycles. The highest BCUT2D eigenvalue weighted by atomic mass is 19.4. The maximum atomic E-state index is 12.6. The number of rotatable bonds is 3. The molecule has 3 rings (SSSR count). The highest BCUT2D eigenvalue weighted by molar-refractivity contribution is 6.11. The number of halogens is 3. The number of nitrogens with zero attached hydrogens (tertiary/aromatic N) is 2. The molecule has 0 aliphatic heterocycles. The molecule has 30 heavy (non-hydrogen) atoms. The third kappa shape index (κ3) is 4.83. The van der Waals surface area contributed by atoms with E-state index in [9.17, 15) is 18.0 Å². The fraction of sp³-hybridized carbons (Fsp3) is 0.136. The van der Waals surface area contributed by atoms with Crippen molar-refractivity contribution in [1.82, 2.24) is 10.3 Å². The van der Waals surface area contributed by atoms with Crippen molar-refractivity contribution in [2.24, 2.45) is 10.7 Å². The number of carbonyl (C=O) groups excluding carboxylic acids is 1. The Hall–Kier alpha value is -3.68. The first kappa shape index (κ1) is 21.0. The number of aromatic nitrogens is 1. The molecule has 8 heteroatoms. The molecule has 3 aromatic rings. The maximum absolute atomic E-state index is 12.6. The Kier molecular flexibility index (Phi) is 5.86. The van der Waals surface area contributed by atoms with Gasteiger partial charge in [0.15, 0.2) is 0 Å². The minimum Gasteiger partial charge on any atom is -0.395 e. The fourth-order valence-corrected chi connectivity index (χ4v) is 2.82. The van der Waals surface area contributed by atoms with E-state index in [0.29, 0.717) is 11.6 Å². The van der Waals surface area contributed by atoms with Crippen molar-refractivity contribution in [3.63, 3.8) is 0 Å². The molecule has 1 amide bonds. The van der Waals surface area contributed by atoms with Crippen LogP contribution in [0.1, 0.15) is 15.9 Å². The van der Waals surface area contributed by atoms with Gasteiger partial charge in [-0.05, 0) is 30.7 Å². The van der Waals surface area contributed by atoms with Gasteiger partial charge >= 0.3 is 6.18 Å². The van der Waals surface area contributed by atoms with Crippen LogP contribution in [-0.4, -0.2) is 30.0 Å². The molecule has 0 aliphatic rings. The number of benzene rings is 2. The van der Waals surface area contributed by atoms with Crippen LogP contribution in [0.2, 0.25) is 0 Å². The zero-order chi connectivity index (χ0) is 21.9. The Bertz CT molecular complexity index is 1170. The molecule has 0 fully saturated rings. The summed E-state index contributed by atoms with van der Waals surface area (Å²) in [6, 6.07) is 14.9. The molecule has 3 N–H and O–H groups in total. The van der Waals surface area contributed by atoms with E-state index < -0.39 is 17.8 Å². The number of nitrogens with two attached hydrogens (primary N) is 1. The Morgan fingerprint density at radius 2 is 1.90 bits per heavy atom. The van der Waals surface area contributed by atoms with Crippen LogP contribution in [0.3, 0.4) is 0 Å². The van der Waals surface area contributed by atoms with Gasteiger partial charge in [0.25, 0.3) is 5.91 Å². The van der Waals surface area contributed by atoms with Crippen molar-refractivity contribution < 1.29 is 18.0 Å². The van der Waals surface area contributed by atoms with E-state index in [-0.39, 0.29) is 11.4 Å². The van der Waals surface area contributed by atoms with E-state index in [1.807, 2.05) is 31.2 Å². The van der Waals surface area contributed by atoms with Crippen LogP contribution >= 0.6 is 0 Å². The molecule has 1 aromatic heterocycles. The molecule has 0 saturated carbocycles. The van der Waals surface area contributed by atoms with Crippen LogP contribution in [-0.2, 0) is 0 Å². The maximum Gasteiger partial charge on any atom is 0.430 e. The Balaban J connectivity index is 1.85. The zero-order valence-corrected chi connectivity index (χ0v) is 16.3. The zero-order valence-electron chi connectivity index (χ0n) is 16.3.